The Labute approximate surface area is 172 Å². The number of nitrogens with zero attached hydrogens (tertiary/aromatic N) is 2. The SMILES string of the molecule is Cc1ncccc1S(=O)(=O)c1ccc(CNC(=O)c2csc3cnccc23)cc1. The maximum Gasteiger partial charge on any atom is 0.253 e. The molecule has 29 heavy (non-hydrogen) atoms. The average Bonchev–Trinajstić information content (AvgIpc) is 3.17. The normalized spacial score (nSPS) is 11.5. The summed E-state index contributed by atoms with van der Waals surface area (Å²) >= 11 is 1.47. The number of thiophene rings is 1. The Morgan fingerprint density at radius 1 is 1.10 bits per heavy atom. The summed E-state index contributed by atoms with van der Waals surface area (Å²) in [6.45, 7) is 1.97. The molecule has 0 aliphatic rings. The highest BCUT2D eigenvalue weighted by molar-refractivity contribution is 7.91. The molecule has 1 aromatic carbocycles. The van der Waals surface area contributed by atoms with E-state index >= 15 is 0 Å². The monoisotopic (exact) mass is 423 g/mol. The predicted molar refractivity (Wildman–Crippen MR) is 112 cm³/mol. The van der Waals surface area contributed by atoms with Crippen molar-refractivity contribution in [3.8, 4) is 0 Å². The van der Waals surface area contributed by atoms with Gasteiger partial charge in [-0.15, -0.1) is 11.3 Å². The van der Waals surface area contributed by atoms with Crippen LogP contribution in [0.4, 0.5) is 0 Å². The van der Waals surface area contributed by atoms with Crippen LogP contribution in [0.5, 0.6) is 0 Å². The first kappa shape index (κ1) is 19.2. The van der Waals surface area contributed by atoms with Gasteiger partial charge in [0.25, 0.3) is 5.91 Å². The molecule has 3 aromatic heterocycles. The quantitative estimate of drug-likeness (QED) is 0.528. The first-order valence-electron chi connectivity index (χ1n) is 8.82. The van der Waals surface area contributed by atoms with Crippen LogP contribution in [-0.2, 0) is 16.4 Å². The van der Waals surface area contributed by atoms with Crippen molar-refractivity contribution in [3.63, 3.8) is 0 Å². The molecule has 0 aliphatic heterocycles. The summed E-state index contributed by atoms with van der Waals surface area (Å²) in [6, 6.07) is 11.5. The number of carbonyl (C=O) groups excluding carboxylic acids is 1. The van der Waals surface area contributed by atoms with Crippen LogP contribution in [0, 0.1) is 6.92 Å². The number of hydrogen-bond donors (Lipinski definition) is 1. The van der Waals surface area contributed by atoms with E-state index in [0.717, 1.165) is 15.6 Å². The van der Waals surface area contributed by atoms with Gasteiger partial charge in [-0.1, -0.05) is 12.1 Å². The Morgan fingerprint density at radius 2 is 1.90 bits per heavy atom. The van der Waals surface area contributed by atoms with E-state index in [-0.39, 0.29) is 15.7 Å². The van der Waals surface area contributed by atoms with Crippen LogP contribution in [0.25, 0.3) is 10.1 Å². The molecule has 0 fully saturated rings. The fraction of sp³-hybridized carbons (Fsp3) is 0.0952. The minimum absolute atomic E-state index is 0.176. The van der Waals surface area contributed by atoms with Crippen molar-refractivity contribution in [2.75, 3.05) is 0 Å². The lowest BCUT2D eigenvalue weighted by Gasteiger charge is -2.09. The first-order chi connectivity index (χ1) is 14.0. The van der Waals surface area contributed by atoms with Gasteiger partial charge in [0.2, 0.25) is 9.84 Å². The number of nitrogens with one attached hydrogen (secondary N) is 1. The molecular weight excluding hydrogens is 406 g/mol. The zero-order valence-corrected chi connectivity index (χ0v) is 17.1. The summed E-state index contributed by atoms with van der Waals surface area (Å²) in [5, 5.41) is 5.56. The molecule has 6 nitrogen and oxygen atoms in total. The topological polar surface area (TPSA) is 89.0 Å². The third-order valence-corrected chi connectivity index (χ3v) is 7.39. The molecule has 0 atom stereocenters. The molecule has 4 rings (SSSR count). The van der Waals surface area contributed by atoms with Crippen molar-refractivity contribution < 1.29 is 13.2 Å². The number of aryl methyl sites for hydroxylation is 1. The second kappa shape index (κ2) is 7.73. The summed E-state index contributed by atoms with van der Waals surface area (Å²) in [5.74, 6) is -0.176. The van der Waals surface area contributed by atoms with Gasteiger partial charge in [-0.2, -0.15) is 0 Å². The molecular formula is C21H17N3O3S2. The van der Waals surface area contributed by atoms with E-state index in [2.05, 4.69) is 15.3 Å². The van der Waals surface area contributed by atoms with E-state index in [4.69, 9.17) is 0 Å². The van der Waals surface area contributed by atoms with Crippen LogP contribution < -0.4 is 5.32 Å². The van der Waals surface area contributed by atoms with Crippen LogP contribution >= 0.6 is 11.3 Å². The third-order valence-electron chi connectivity index (χ3n) is 4.56. The number of aromatic nitrogens is 2. The molecule has 0 saturated heterocycles. The van der Waals surface area contributed by atoms with Crippen molar-refractivity contribution in [2.45, 2.75) is 23.3 Å². The molecule has 0 bridgehead atoms. The van der Waals surface area contributed by atoms with Gasteiger partial charge in [-0.25, -0.2) is 8.42 Å². The first-order valence-corrected chi connectivity index (χ1v) is 11.2. The van der Waals surface area contributed by atoms with Crippen LogP contribution in [0.1, 0.15) is 21.6 Å². The summed E-state index contributed by atoms with van der Waals surface area (Å²) in [6.07, 6.45) is 4.96. The molecule has 0 radical (unpaired) electrons. The van der Waals surface area contributed by atoms with E-state index in [1.54, 1.807) is 61.9 Å². The highest BCUT2D eigenvalue weighted by Crippen LogP contribution is 2.25. The summed E-state index contributed by atoms with van der Waals surface area (Å²) in [5.41, 5.74) is 1.88. The van der Waals surface area contributed by atoms with Gasteiger partial charge in [-0.3, -0.25) is 14.8 Å². The summed E-state index contributed by atoms with van der Waals surface area (Å²) in [7, 11) is -3.63. The number of amides is 1. The minimum Gasteiger partial charge on any atom is -0.348 e. The fourth-order valence-corrected chi connectivity index (χ4v) is 5.36. The van der Waals surface area contributed by atoms with Crippen LogP contribution in [-0.4, -0.2) is 24.3 Å². The molecule has 1 amide bonds. The van der Waals surface area contributed by atoms with Gasteiger partial charge in [0.05, 0.1) is 25.7 Å². The fourth-order valence-electron chi connectivity index (χ4n) is 3.00. The van der Waals surface area contributed by atoms with E-state index in [0.29, 0.717) is 17.8 Å². The number of hydrogen-bond acceptors (Lipinski definition) is 6. The van der Waals surface area contributed by atoms with Crippen LogP contribution in [0.3, 0.4) is 0 Å². The van der Waals surface area contributed by atoms with Crippen molar-refractivity contribution in [1.29, 1.82) is 0 Å². The smallest absolute Gasteiger partial charge is 0.253 e. The van der Waals surface area contributed by atoms with Gasteiger partial charge in [0, 0.05) is 35.9 Å². The molecule has 0 spiro atoms. The maximum absolute atomic E-state index is 12.8. The van der Waals surface area contributed by atoms with Gasteiger partial charge in [-0.05, 0) is 42.8 Å². The molecule has 0 aliphatic carbocycles. The zero-order chi connectivity index (χ0) is 20.4. The lowest BCUT2D eigenvalue weighted by Crippen LogP contribution is -2.22. The highest BCUT2D eigenvalue weighted by Gasteiger charge is 2.20. The Kier molecular flexibility index (Phi) is 5.12. The van der Waals surface area contributed by atoms with Crippen molar-refractivity contribution in [2.24, 2.45) is 0 Å². The Bertz CT molecular complexity index is 1300. The Balaban J connectivity index is 1.49. The van der Waals surface area contributed by atoms with Crippen molar-refractivity contribution >= 4 is 37.2 Å². The number of fused-ring (bicyclic) bond motifs is 1. The van der Waals surface area contributed by atoms with Crippen molar-refractivity contribution in [1.82, 2.24) is 15.3 Å². The molecule has 146 valence electrons. The zero-order valence-electron chi connectivity index (χ0n) is 15.5. The van der Waals surface area contributed by atoms with E-state index in [9.17, 15) is 13.2 Å². The minimum atomic E-state index is -3.63. The van der Waals surface area contributed by atoms with E-state index in [1.807, 2.05) is 11.4 Å². The molecule has 0 saturated carbocycles. The predicted octanol–water partition coefficient (Wildman–Crippen LogP) is 3.76. The van der Waals surface area contributed by atoms with Crippen LogP contribution in [0.15, 0.2) is 76.2 Å². The van der Waals surface area contributed by atoms with Gasteiger partial charge >= 0.3 is 0 Å². The standard InChI is InChI=1S/C21H17N3O3S2/c1-14-20(3-2-9-23-14)29(26,27)16-6-4-15(5-7-16)11-24-21(25)18-13-28-19-12-22-10-8-17(18)19/h2-10,12-13H,11H2,1H3,(H,24,25). The third kappa shape index (κ3) is 3.76. The summed E-state index contributed by atoms with van der Waals surface area (Å²) < 4.78 is 26.6. The second-order valence-electron chi connectivity index (χ2n) is 6.44. The second-order valence-corrected chi connectivity index (χ2v) is 9.27. The number of sulfone groups is 1. The van der Waals surface area contributed by atoms with E-state index in [1.165, 1.54) is 11.3 Å². The maximum atomic E-state index is 12.8. The lowest BCUT2D eigenvalue weighted by molar-refractivity contribution is 0.0953. The summed E-state index contributed by atoms with van der Waals surface area (Å²) in [4.78, 5) is 21.0. The molecule has 3 heterocycles. The highest BCUT2D eigenvalue weighted by atomic mass is 32.2. The number of carbonyl (C=O) groups is 1. The molecule has 0 unspecified atom stereocenters. The van der Waals surface area contributed by atoms with E-state index < -0.39 is 9.84 Å². The largest absolute Gasteiger partial charge is 0.348 e. The van der Waals surface area contributed by atoms with Gasteiger partial charge in [0.1, 0.15) is 0 Å². The van der Waals surface area contributed by atoms with Gasteiger partial charge < -0.3 is 5.32 Å². The lowest BCUT2D eigenvalue weighted by atomic mass is 10.2. The van der Waals surface area contributed by atoms with Crippen molar-refractivity contribution in [3.05, 3.63) is 83.3 Å². The number of pyridine rings is 2. The number of benzene rings is 1. The Morgan fingerprint density at radius 3 is 2.66 bits per heavy atom. The average molecular weight is 424 g/mol. The van der Waals surface area contributed by atoms with Crippen LogP contribution in [0.2, 0.25) is 0 Å². The molecule has 8 heteroatoms. The van der Waals surface area contributed by atoms with Gasteiger partial charge in [0.15, 0.2) is 0 Å². The Hall–Kier alpha value is -3.10. The molecule has 4 aromatic rings. The molecule has 1 N–H and O–H groups in total. The number of rotatable bonds is 5.